The number of nitrogens with one attached hydrogen (secondary N) is 2. The molecule has 13 N–H and O–H groups in total. The van der Waals surface area contributed by atoms with Crippen molar-refractivity contribution in [3.05, 3.63) is 185 Å². The number of rotatable bonds is 19. The molecule has 3 aliphatic heterocycles. The smallest absolute Gasteiger partial charge is 0.545 e. The molecule has 6 unspecified atom stereocenters. The monoisotopic (exact) mass is 1500 g/mol. The number of aliphatic hydroxyl groups is 4. The number of benzene rings is 4. The second kappa shape index (κ2) is 41.4. The van der Waals surface area contributed by atoms with Crippen LogP contribution in [-0.2, 0) is 47.3 Å². The number of carboxylic acids is 2. The number of ether oxygens (including phenoxy) is 3. The maximum Gasteiger partial charge on any atom is 1.00 e. The number of Topliss-reactive ketones (excluding diaryl/α,β-unsaturated/α-hetero) is 1. The molecular formula is C72H92Cl3N10NaO15S. The Morgan fingerprint density at radius 1 is 0.853 bits per heavy atom. The molecule has 2 aliphatic carbocycles. The molecule has 2 bridgehead atoms. The normalized spacial score (nSPS) is 20.6. The molecule has 25 nitrogen and oxygen atoms in total. The van der Waals surface area contributed by atoms with Gasteiger partial charge in [0.2, 0.25) is 5.95 Å². The molecule has 5 fully saturated rings. The summed E-state index contributed by atoms with van der Waals surface area (Å²) in [5, 5.41) is 60.9. The number of halogens is 3. The number of thioether (sulfide) groups is 1. The first-order valence-electron chi connectivity index (χ1n) is 33.5. The number of aromatic nitrogens is 5. The van der Waals surface area contributed by atoms with Crippen molar-refractivity contribution in [3.63, 3.8) is 0 Å². The quantitative estimate of drug-likeness (QED) is 0.0393. The Balaban J connectivity index is 0.000000194. The number of carbonyl (C=O) groups excluding carboxylic acids is 3. The number of hydrogen-bond donors (Lipinski definition) is 10. The van der Waals surface area contributed by atoms with E-state index in [-0.39, 0.29) is 132 Å². The Hall–Kier alpha value is -6.28. The molecule has 2 saturated carbocycles. The van der Waals surface area contributed by atoms with E-state index in [2.05, 4.69) is 32.2 Å². The van der Waals surface area contributed by atoms with E-state index in [1.807, 2.05) is 74.6 Å². The van der Waals surface area contributed by atoms with Crippen molar-refractivity contribution in [2.24, 2.45) is 11.1 Å². The molecule has 6 heterocycles. The number of aryl methyl sites for hydroxylation is 1. The predicted octanol–water partition coefficient (Wildman–Crippen LogP) is 4.50. The molecule has 0 spiro atoms. The summed E-state index contributed by atoms with van der Waals surface area (Å²) in [6.07, 6.45) is 15.9. The number of fused-ring (bicyclic) bond motifs is 3. The van der Waals surface area contributed by atoms with Gasteiger partial charge in [-0.2, -0.15) is 4.98 Å². The van der Waals surface area contributed by atoms with Gasteiger partial charge in [0.05, 0.1) is 45.1 Å². The minimum absolute atomic E-state index is 0. The van der Waals surface area contributed by atoms with Crippen LogP contribution < -0.4 is 68.3 Å². The molecule has 5 aliphatic rings. The average molecular weight is 1500 g/mol. The fourth-order valence-electron chi connectivity index (χ4n) is 13.1. The molecule has 102 heavy (non-hydrogen) atoms. The largest absolute Gasteiger partial charge is 1.00 e. The maximum atomic E-state index is 12.4. The van der Waals surface area contributed by atoms with E-state index in [1.165, 1.54) is 58.6 Å². The van der Waals surface area contributed by atoms with Crippen LogP contribution >= 0.6 is 46.6 Å². The zero-order valence-corrected chi connectivity index (χ0v) is 63.0. The molecule has 12 rings (SSSR count). The van der Waals surface area contributed by atoms with E-state index < -0.39 is 35.1 Å². The fraction of sp³-hybridized carbons (Fsp3) is 0.472. The second-order valence-electron chi connectivity index (χ2n) is 25.5. The van der Waals surface area contributed by atoms with Crippen LogP contribution in [0.4, 0.5) is 11.6 Å². The van der Waals surface area contributed by atoms with Gasteiger partial charge < -0.3 is 77.1 Å². The van der Waals surface area contributed by atoms with Gasteiger partial charge in [-0.25, -0.2) is 4.98 Å². The zero-order valence-electron chi connectivity index (χ0n) is 57.9. The number of aliphatic hydroxyl groups excluding tert-OH is 4. The van der Waals surface area contributed by atoms with Crippen molar-refractivity contribution < 1.29 is 93.6 Å². The number of anilines is 2. The van der Waals surface area contributed by atoms with Crippen LogP contribution in [0, 0.1) is 12.3 Å². The number of likely N-dealkylation sites (N-methyl/N-ethyl adjacent to an activating group) is 1. The van der Waals surface area contributed by atoms with Crippen molar-refractivity contribution in [1.29, 1.82) is 0 Å². The maximum absolute atomic E-state index is 12.4. The van der Waals surface area contributed by atoms with Crippen LogP contribution in [0.25, 0.3) is 11.2 Å². The number of ketones is 1. The van der Waals surface area contributed by atoms with Crippen LogP contribution in [-0.4, -0.2) is 161 Å². The van der Waals surface area contributed by atoms with Crippen LogP contribution in [0.1, 0.15) is 140 Å². The summed E-state index contributed by atoms with van der Waals surface area (Å²) in [5.74, 6) is -1.86. The Kier molecular flexibility index (Phi) is 34.4. The van der Waals surface area contributed by atoms with Crippen molar-refractivity contribution in [2.45, 2.75) is 157 Å². The van der Waals surface area contributed by atoms with Crippen LogP contribution in [0.5, 0.6) is 0 Å². The summed E-state index contributed by atoms with van der Waals surface area (Å²) in [4.78, 5) is 81.8. The Bertz CT molecular complexity index is 3970. The zero-order chi connectivity index (χ0) is 73.4. The molecule has 3 aromatic heterocycles. The number of aromatic amines is 1. The van der Waals surface area contributed by atoms with Gasteiger partial charge in [-0.1, -0.05) is 139 Å². The summed E-state index contributed by atoms with van der Waals surface area (Å²) in [5.41, 5.74) is 20.1. The Morgan fingerprint density at radius 2 is 1.51 bits per heavy atom. The van der Waals surface area contributed by atoms with E-state index in [0.29, 0.717) is 63.5 Å². The summed E-state index contributed by atoms with van der Waals surface area (Å²) >= 11 is 20.1. The molecule has 0 radical (unpaired) electrons. The predicted molar refractivity (Wildman–Crippen MR) is 387 cm³/mol. The molecular weight excluding hydrogens is 1410 g/mol. The van der Waals surface area contributed by atoms with Gasteiger partial charge in [0, 0.05) is 69.3 Å². The second-order valence-corrected chi connectivity index (χ2v) is 27.9. The van der Waals surface area contributed by atoms with Gasteiger partial charge in [0.15, 0.2) is 16.9 Å². The molecule has 3 saturated heterocycles. The summed E-state index contributed by atoms with van der Waals surface area (Å²) in [6, 6.07) is 31.4. The van der Waals surface area contributed by atoms with Gasteiger partial charge in [0.25, 0.3) is 11.1 Å². The third-order valence-electron chi connectivity index (χ3n) is 18.8. The molecule has 7 aromatic rings. The minimum atomic E-state index is -1.20. The van der Waals surface area contributed by atoms with E-state index in [0.717, 1.165) is 80.0 Å². The first-order valence-corrected chi connectivity index (χ1v) is 35.7. The number of H-pyrrole nitrogens is 1. The number of piperidine rings is 1. The number of esters is 1. The SMILES string of the molecule is CN1C2CCC1CC(OC(=O)C(CO)c1ccccc1)C2.CNC1(c2ccccc2Cl)CCCCC1=O.Cc1ccc(Cl)c(Cc2ccccc2C(=O)[O-])c1Cl.NCC1(CC(=O)O)CCCCC1.Nc1ccn(C2CSC(CO)O2)c(=O)c1.Nc1nc2c(ncn2COC(CO)CO)c(=O)[nH]1.[Na+]. The van der Waals surface area contributed by atoms with Crippen molar-refractivity contribution >= 4 is 93.1 Å². The Labute approximate surface area is 634 Å². The fourth-order valence-corrected chi connectivity index (χ4v) is 14.8. The third-order valence-corrected chi connectivity index (χ3v) is 21.1. The first kappa shape index (κ1) is 84.7. The van der Waals surface area contributed by atoms with Crippen molar-refractivity contribution in [2.75, 3.05) is 64.3 Å². The number of aliphatic carboxylic acids is 1. The number of imidazole rings is 1. The molecule has 0 amide bonds. The number of carbonyl (C=O) groups is 4. The van der Waals surface area contributed by atoms with Gasteiger partial charge in [0.1, 0.15) is 42.1 Å². The topological polar surface area (TPSA) is 399 Å². The molecule has 4 aromatic carbocycles. The van der Waals surface area contributed by atoms with Crippen LogP contribution in [0.15, 0.2) is 125 Å². The summed E-state index contributed by atoms with van der Waals surface area (Å²) in [7, 11) is 4.01. The average Bonchev–Trinajstić information content (AvgIpc) is 1.19. The van der Waals surface area contributed by atoms with E-state index in [4.69, 9.17) is 86.6 Å². The number of nitrogens with zero attached hydrogens (tertiary/aromatic N) is 5. The first-order chi connectivity index (χ1) is 48.4. The Morgan fingerprint density at radius 3 is 2.11 bits per heavy atom. The number of carboxylic acid groups (broad SMARTS) is 2. The van der Waals surface area contributed by atoms with Gasteiger partial charge in [-0.3, -0.25) is 38.1 Å². The van der Waals surface area contributed by atoms with Crippen molar-refractivity contribution in [1.82, 2.24) is 34.3 Å². The number of nitrogens with two attached hydrogens (primary N) is 3. The number of pyridine rings is 1. The van der Waals surface area contributed by atoms with Gasteiger partial charge in [-0.05, 0) is 130 Å². The van der Waals surface area contributed by atoms with Crippen LogP contribution in [0.2, 0.25) is 15.1 Å². The molecule has 30 heteroatoms. The number of hydrogen-bond acceptors (Lipinski definition) is 22. The number of nitrogen functional groups attached to an aromatic ring is 2. The van der Waals surface area contributed by atoms with Crippen molar-refractivity contribution in [3.8, 4) is 0 Å². The van der Waals surface area contributed by atoms with Gasteiger partial charge in [-0.15, -0.1) is 11.8 Å². The van der Waals surface area contributed by atoms with E-state index in [1.54, 1.807) is 36.5 Å². The van der Waals surface area contributed by atoms with E-state index in [9.17, 15) is 39.0 Å². The third kappa shape index (κ3) is 23.1. The van der Waals surface area contributed by atoms with E-state index >= 15 is 0 Å². The summed E-state index contributed by atoms with van der Waals surface area (Å²) in [6.45, 7) is 1.55. The number of aromatic carboxylic acids is 1. The minimum Gasteiger partial charge on any atom is -0.545 e. The molecule has 548 valence electrons. The standard InChI is InChI=1S/C17H23NO3.C15H12Cl2O2.C13H16ClNO.C9H13N5O4.C9H12N2O3S.C9H17NO2.Na/c1-18-13-7-8-14(18)10-15(9-13)21-17(20)16(11-19)12-5-3-2-4-6-12;1-9-6-7-13(16)12(14(9)17)8-10-4-2-3-5-11(10)15(18)19;1-15-13(9-5-4-8-12(13)16)10-6-2-3-7-11(10)14;10-9-12-7-6(8(17)13-9)11-3-14(7)4-18-5(1-15)2-16;10-6-1-2-11(7(13)3-6)8-5-15-9(4-12)14-8;10-7-9(6-8(11)12)4-2-1-3-5-9;/h2-6,13-16,19H,7-11H2,1H3;2-7H,8H2,1H3,(H,18,19);2-3,6-7,15H,4-5,8-9H2,1H3;3,5,15-16H,1-2,4H2,(H3,10,12,13,17);1-3,8-9,12H,4-5,10H2;1-7,10H2,(H,11,12);/q;;;;;;+1/p-1. The molecule has 6 atom stereocenters. The van der Waals surface area contributed by atoms with Crippen LogP contribution in [0.3, 0.4) is 0 Å². The summed E-state index contributed by atoms with van der Waals surface area (Å²) < 4.78 is 19.3. The van der Waals surface area contributed by atoms with Gasteiger partial charge >= 0.3 is 41.5 Å².